The van der Waals surface area contributed by atoms with Gasteiger partial charge in [0.2, 0.25) is 0 Å². The lowest BCUT2D eigenvalue weighted by molar-refractivity contribution is 0.354. The highest BCUT2D eigenvalue weighted by Gasteiger charge is 2.22. The van der Waals surface area contributed by atoms with Gasteiger partial charge in [-0.1, -0.05) is 35.9 Å². The van der Waals surface area contributed by atoms with Crippen LogP contribution in [0.2, 0.25) is 0 Å². The van der Waals surface area contributed by atoms with Crippen LogP contribution in [0.1, 0.15) is 29.2 Å². The molecule has 3 rings (SSSR count). The standard InChI is InChI=1S/C18H20N2O2/c1-12-4-6-13(7-5-12)15-11-16(20-19-15)14-8-9-17(21-2)18(10-14)22-3/h4-10,16,20H,11H2,1-3H3. The predicted molar refractivity (Wildman–Crippen MR) is 87.8 cm³/mol. The highest BCUT2D eigenvalue weighted by atomic mass is 16.5. The van der Waals surface area contributed by atoms with Gasteiger partial charge in [-0.2, -0.15) is 5.10 Å². The molecule has 114 valence electrons. The van der Waals surface area contributed by atoms with E-state index in [4.69, 9.17) is 9.47 Å². The van der Waals surface area contributed by atoms with E-state index >= 15 is 0 Å². The highest BCUT2D eigenvalue weighted by molar-refractivity contribution is 6.01. The normalized spacial score (nSPS) is 16.9. The Balaban J connectivity index is 1.78. The number of hydrogen-bond donors (Lipinski definition) is 1. The Morgan fingerprint density at radius 2 is 1.73 bits per heavy atom. The summed E-state index contributed by atoms with van der Waals surface area (Å²) >= 11 is 0. The van der Waals surface area contributed by atoms with E-state index in [0.29, 0.717) is 0 Å². The van der Waals surface area contributed by atoms with Gasteiger partial charge in [0.1, 0.15) is 0 Å². The van der Waals surface area contributed by atoms with Crippen LogP contribution in [0.4, 0.5) is 0 Å². The maximum absolute atomic E-state index is 5.37. The smallest absolute Gasteiger partial charge is 0.161 e. The molecule has 0 saturated carbocycles. The summed E-state index contributed by atoms with van der Waals surface area (Å²) in [5.41, 5.74) is 7.87. The van der Waals surface area contributed by atoms with Crippen LogP contribution in [0.15, 0.2) is 47.6 Å². The van der Waals surface area contributed by atoms with E-state index in [0.717, 1.165) is 29.2 Å². The van der Waals surface area contributed by atoms with Crippen molar-refractivity contribution in [1.29, 1.82) is 0 Å². The molecule has 1 aliphatic rings. The fraction of sp³-hybridized carbons (Fsp3) is 0.278. The molecule has 0 saturated heterocycles. The van der Waals surface area contributed by atoms with Crippen molar-refractivity contribution in [1.82, 2.24) is 5.43 Å². The van der Waals surface area contributed by atoms with Gasteiger partial charge in [0.25, 0.3) is 0 Å². The van der Waals surface area contributed by atoms with Gasteiger partial charge >= 0.3 is 0 Å². The minimum Gasteiger partial charge on any atom is -0.493 e. The summed E-state index contributed by atoms with van der Waals surface area (Å²) in [5, 5.41) is 4.49. The Morgan fingerprint density at radius 3 is 2.41 bits per heavy atom. The molecule has 22 heavy (non-hydrogen) atoms. The molecule has 4 heteroatoms. The van der Waals surface area contributed by atoms with Gasteiger partial charge in [0, 0.05) is 6.42 Å². The number of hydrogen-bond acceptors (Lipinski definition) is 4. The second-order valence-corrected chi connectivity index (χ2v) is 5.42. The molecular formula is C18H20N2O2. The molecule has 0 amide bonds. The fourth-order valence-electron chi connectivity index (χ4n) is 2.63. The van der Waals surface area contributed by atoms with Crippen molar-refractivity contribution in [3.8, 4) is 11.5 Å². The summed E-state index contributed by atoms with van der Waals surface area (Å²) < 4.78 is 10.7. The number of aryl methyl sites for hydroxylation is 1. The monoisotopic (exact) mass is 296 g/mol. The molecule has 0 radical (unpaired) electrons. The fourth-order valence-corrected chi connectivity index (χ4v) is 2.63. The number of benzene rings is 2. The number of nitrogens with one attached hydrogen (secondary N) is 1. The van der Waals surface area contributed by atoms with Gasteiger partial charge in [-0.3, -0.25) is 0 Å². The molecule has 0 spiro atoms. The molecule has 1 heterocycles. The van der Waals surface area contributed by atoms with E-state index in [-0.39, 0.29) is 6.04 Å². The maximum Gasteiger partial charge on any atom is 0.161 e. The topological polar surface area (TPSA) is 42.8 Å². The average molecular weight is 296 g/mol. The van der Waals surface area contributed by atoms with Crippen molar-refractivity contribution in [3.63, 3.8) is 0 Å². The quantitative estimate of drug-likeness (QED) is 0.939. The van der Waals surface area contributed by atoms with Crippen molar-refractivity contribution in [3.05, 3.63) is 59.2 Å². The van der Waals surface area contributed by atoms with Gasteiger partial charge < -0.3 is 14.9 Å². The van der Waals surface area contributed by atoms with Crippen LogP contribution in [0.3, 0.4) is 0 Å². The second-order valence-electron chi connectivity index (χ2n) is 5.42. The third-order valence-electron chi connectivity index (χ3n) is 3.95. The zero-order chi connectivity index (χ0) is 15.5. The third-order valence-corrected chi connectivity index (χ3v) is 3.95. The van der Waals surface area contributed by atoms with Crippen molar-refractivity contribution < 1.29 is 9.47 Å². The molecular weight excluding hydrogens is 276 g/mol. The minimum absolute atomic E-state index is 0.163. The van der Waals surface area contributed by atoms with Crippen LogP contribution < -0.4 is 14.9 Å². The molecule has 0 fully saturated rings. The lowest BCUT2D eigenvalue weighted by Gasteiger charge is -2.14. The highest BCUT2D eigenvalue weighted by Crippen LogP contribution is 2.32. The predicted octanol–water partition coefficient (Wildman–Crippen LogP) is 3.45. The molecule has 2 aromatic carbocycles. The van der Waals surface area contributed by atoms with Crippen molar-refractivity contribution in [2.45, 2.75) is 19.4 Å². The number of ether oxygens (including phenoxy) is 2. The number of nitrogens with zero attached hydrogens (tertiary/aromatic N) is 1. The van der Waals surface area contributed by atoms with Crippen molar-refractivity contribution in [2.24, 2.45) is 5.10 Å². The van der Waals surface area contributed by atoms with Gasteiger partial charge in [-0.25, -0.2) is 0 Å². The lowest BCUT2D eigenvalue weighted by Crippen LogP contribution is -2.10. The first-order valence-corrected chi connectivity index (χ1v) is 7.32. The Hall–Kier alpha value is -2.49. The van der Waals surface area contributed by atoms with Crippen molar-refractivity contribution >= 4 is 5.71 Å². The van der Waals surface area contributed by atoms with Crippen LogP contribution in [0, 0.1) is 6.92 Å². The van der Waals surface area contributed by atoms with E-state index in [1.54, 1.807) is 14.2 Å². The Morgan fingerprint density at radius 1 is 1.00 bits per heavy atom. The van der Waals surface area contributed by atoms with Crippen molar-refractivity contribution in [2.75, 3.05) is 14.2 Å². The molecule has 1 unspecified atom stereocenters. The maximum atomic E-state index is 5.37. The van der Waals surface area contributed by atoms with E-state index < -0.39 is 0 Å². The molecule has 0 bridgehead atoms. The second kappa shape index (κ2) is 6.10. The van der Waals surface area contributed by atoms with E-state index in [1.807, 2.05) is 18.2 Å². The van der Waals surface area contributed by atoms with E-state index in [9.17, 15) is 0 Å². The van der Waals surface area contributed by atoms with Crippen LogP contribution in [-0.4, -0.2) is 19.9 Å². The van der Waals surface area contributed by atoms with Gasteiger partial charge in [-0.05, 0) is 30.2 Å². The first-order valence-electron chi connectivity index (χ1n) is 7.32. The third kappa shape index (κ3) is 2.77. The molecule has 0 aromatic heterocycles. The summed E-state index contributed by atoms with van der Waals surface area (Å²) in [6.07, 6.45) is 0.860. The van der Waals surface area contributed by atoms with Gasteiger partial charge in [-0.15, -0.1) is 0 Å². The summed E-state index contributed by atoms with van der Waals surface area (Å²) in [6, 6.07) is 14.6. The van der Waals surface area contributed by atoms with Gasteiger partial charge in [0.15, 0.2) is 11.5 Å². The summed E-state index contributed by atoms with van der Waals surface area (Å²) in [5.74, 6) is 1.48. The Kier molecular flexibility index (Phi) is 4.00. The number of hydrazone groups is 1. The zero-order valence-electron chi connectivity index (χ0n) is 13.1. The average Bonchev–Trinajstić information content (AvgIpc) is 3.05. The van der Waals surface area contributed by atoms with E-state index in [1.165, 1.54) is 11.1 Å². The SMILES string of the molecule is COc1ccc(C2CC(c3ccc(C)cc3)=NN2)cc1OC. The minimum atomic E-state index is 0.163. The van der Waals surface area contributed by atoms with Crippen LogP contribution >= 0.6 is 0 Å². The zero-order valence-corrected chi connectivity index (χ0v) is 13.1. The van der Waals surface area contributed by atoms with E-state index in [2.05, 4.69) is 41.7 Å². The van der Waals surface area contributed by atoms with Crippen LogP contribution in [0.25, 0.3) is 0 Å². The summed E-state index contributed by atoms with van der Waals surface area (Å²) in [7, 11) is 3.29. The summed E-state index contributed by atoms with van der Waals surface area (Å²) in [6.45, 7) is 2.09. The number of rotatable bonds is 4. The number of methoxy groups -OCH3 is 2. The Bertz CT molecular complexity index is 693. The molecule has 1 atom stereocenters. The lowest BCUT2D eigenvalue weighted by atomic mass is 9.98. The molecule has 1 N–H and O–H groups in total. The molecule has 0 aliphatic carbocycles. The molecule has 4 nitrogen and oxygen atoms in total. The molecule has 1 aliphatic heterocycles. The van der Waals surface area contributed by atoms with Gasteiger partial charge in [0.05, 0.1) is 26.0 Å². The summed E-state index contributed by atoms with van der Waals surface area (Å²) in [4.78, 5) is 0. The first kappa shape index (κ1) is 14.4. The van der Waals surface area contributed by atoms with Crippen LogP contribution in [-0.2, 0) is 0 Å². The van der Waals surface area contributed by atoms with Crippen LogP contribution in [0.5, 0.6) is 11.5 Å². The molecule has 2 aromatic rings. The largest absolute Gasteiger partial charge is 0.493 e. The first-order chi connectivity index (χ1) is 10.7. The Labute approximate surface area is 130 Å².